The lowest BCUT2D eigenvalue weighted by atomic mass is 9.83. The molecule has 2 aromatic rings. The Kier molecular flexibility index (Phi) is 3.06. The summed E-state index contributed by atoms with van der Waals surface area (Å²) < 4.78 is 0. The summed E-state index contributed by atoms with van der Waals surface area (Å²) in [7, 11) is 0. The maximum absolute atomic E-state index is 4.31. The molecule has 2 heteroatoms. The molecule has 100 valence electrons. The van der Waals surface area contributed by atoms with Crippen molar-refractivity contribution in [2.24, 2.45) is 0 Å². The van der Waals surface area contributed by atoms with Crippen LogP contribution in [-0.2, 0) is 5.41 Å². The van der Waals surface area contributed by atoms with Crippen LogP contribution in [0.3, 0.4) is 0 Å². The topological polar surface area (TPSA) is 24.9 Å². The van der Waals surface area contributed by atoms with E-state index in [1.165, 1.54) is 34.7 Å². The van der Waals surface area contributed by atoms with Crippen LogP contribution in [0.4, 0.5) is 0 Å². The van der Waals surface area contributed by atoms with Gasteiger partial charge in [0, 0.05) is 23.8 Å². The van der Waals surface area contributed by atoms with E-state index < -0.39 is 0 Å². The summed E-state index contributed by atoms with van der Waals surface area (Å²) in [6.45, 7) is 7.97. The van der Waals surface area contributed by atoms with Gasteiger partial charge in [-0.2, -0.15) is 0 Å². The number of fused-ring (bicyclic) bond motifs is 1. The molecule has 1 saturated heterocycles. The first-order chi connectivity index (χ1) is 9.05. The highest BCUT2D eigenvalue weighted by Gasteiger charge is 2.22. The number of benzene rings is 1. The zero-order chi connectivity index (χ0) is 13.5. The molecule has 0 unspecified atom stereocenters. The predicted octanol–water partition coefficient (Wildman–Crippen LogP) is 3.96. The van der Waals surface area contributed by atoms with Gasteiger partial charge in [-0.1, -0.05) is 32.9 Å². The summed E-state index contributed by atoms with van der Waals surface area (Å²) in [6.07, 6.45) is 6.40. The second-order valence-electron chi connectivity index (χ2n) is 6.56. The minimum absolute atomic E-state index is 0.185. The van der Waals surface area contributed by atoms with Gasteiger partial charge >= 0.3 is 0 Å². The third kappa shape index (κ3) is 2.37. The Bertz CT molecular complexity index is 590. The summed E-state index contributed by atoms with van der Waals surface area (Å²) in [5.74, 6) is 0. The highest BCUT2D eigenvalue weighted by Crippen LogP contribution is 2.34. The standard InChI is InChI=1S/C17H22N2/c1-17(2,3)13-9-12-6-8-18-11-15(12)14(10-13)16-5-4-7-19-16/h6,8-11,16,19H,4-5,7H2,1-3H3/t16-/m0/s1. The monoisotopic (exact) mass is 254 g/mol. The first-order valence-corrected chi connectivity index (χ1v) is 7.17. The minimum atomic E-state index is 0.185. The van der Waals surface area contributed by atoms with Crippen molar-refractivity contribution >= 4 is 10.8 Å². The van der Waals surface area contributed by atoms with E-state index in [2.05, 4.69) is 49.3 Å². The van der Waals surface area contributed by atoms with Gasteiger partial charge in [0.25, 0.3) is 0 Å². The number of aromatic nitrogens is 1. The van der Waals surface area contributed by atoms with Crippen LogP contribution < -0.4 is 5.32 Å². The average Bonchev–Trinajstić information content (AvgIpc) is 2.90. The number of nitrogens with one attached hydrogen (secondary N) is 1. The van der Waals surface area contributed by atoms with Crippen molar-refractivity contribution in [1.82, 2.24) is 10.3 Å². The molecule has 1 N–H and O–H groups in total. The SMILES string of the molecule is CC(C)(C)c1cc([C@@H]2CCCN2)c2cnccc2c1. The molecular weight excluding hydrogens is 232 g/mol. The summed E-state index contributed by atoms with van der Waals surface area (Å²) in [6, 6.07) is 7.32. The fourth-order valence-electron chi connectivity index (χ4n) is 2.90. The molecule has 0 aliphatic carbocycles. The summed E-state index contributed by atoms with van der Waals surface area (Å²) in [4.78, 5) is 4.31. The van der Waals surface area contributed by atoms with E-state index >= 15 is 0 Å². The molecule has 0 saturated carbocycles. The zero-order valence-corrected chi connectivity index (χ0v) is 12.0. The minimum Gasteiger partial charge on any atom is -0.310 e. The Labute approximate surface area is 115 Å². The first-order valence-electron chi connectivity index (χ1n) is 7.17. The molecule has 1 atom stereocenters. The highest BCUT2D eigenvalue weighted by molar-refractivity contribution is 5.86. The second kappa shape index (κ2) is 4.61. The van der Waals surface area contributed by atoms with Crippen LogP contribution in [-0.4, -0.2) is 11.5 Å². The van der Waals surface area contributed by atoms with Crippen LogP contribution in [0.5, 0.6) is 0 Å². The van der Waals surface area contributed by atoms with Gasteiger partial charge in [0.2, 0.25) is 0 Å². The molecule has 19 heavy (non-hydrogen) atoms. The van der Waals surface area contributed by atoms with Gasteiger partial charge < -0.3 is 5.32 Å². The van der Waals surface area contributed by atoms with Crippen LogP contribution in [0, 0.1) is 0 Å². The lowest BCUT2D eigenvalue weighted by Gasteiger charge is -2.23. The van der Waals surface area contributed by atoms with Crippen molar-refractivity contribution < 1.29 is 0 Å². The molecule has 0 amide bonds. The molecular formula is C17H22N2. The van der Waals surface area contributed by atoms with E-state index in [1.54, 1.807) is 0 Å². The quantitative estimate of drug-likeness (QED) is 0.833. The summed E-state index contributed by atoms with van der Waals surface area (Å²) in [5.41, 5.74) is 3.02. The van der Waals surface area contributed by atoms with Crippen LogP contribution in [0.1, 0.15) is 50.8 Å². The predicted molar refractivity (Wildman–Crippen MR) is 80.4 cm³/mol. The van der Waals surface area contributed by atoms with Crippen molar-refractivity contribution in [2.45, 2.75) is 45.1 Å². The molecule has 0 spiro atoms. The van der Waals surface area contributed by atoms with E-state index in [-0.39, 0.29) is 5.41 Å². The molecule has 1 fully saturated rings. The normalized spacial score (nSPS) is 20.1. The second-order valence-corrected chi connectivity index (χ2v) is 6.56. The smallest absolute Gasteiger partial charge is 0.0349 e. The van der Waals surface area contributed by atoms with Gasteiger partial charge in [-0.05, 0) is 47.4 Å². The van der Waals surface area contributed by atoms with Crippen LogP contribution in [0.25, 0.3) is 10.8 Å². The van der Waals surface area contributed by atoms with Crippen LogP contribution in [0.15, 0.2) is 30.6 Å². The number of rotatable bonds is 1. The van der Waals surface area contributed by atoms with Gasteiger partial charge in [0.1, 0.15) is 0 Å². The fraction of sp³-hybridized carbons (Fsp3) is 0.471. The number of hydrogen-bond acceptors (Lipinski definition) is 2. The van der Waals surface area contributed by atoms with Crippen molar-refractivity contribution in [1.29, 1.82) is 0 Å². The molecule has 1 aliphatic heterocycles. The molecule has 0 bridgehead atoms. The summed E-state index contributed by atoms with van der Waals surface area (Å²) >= 11 is 0. The Morgan fingerprint density at radius 3 is 2.79 bits per heavy atom. The molecule has 1 aromatic carbocycles. The van der Waals surface area contributed by atoms with E-state index in [4.69, 9.17) is 0 Å². The van der Waals surface area contributed by atoms with Gasteiger partial charge in [0.05, 0.1) is 0 Å². The molecule has 2 nitrogen and oxygen atoms in total. The fourth-order valence-corrected chi connectivity index (χ4v) is 2.90. The van der Waals surface area contributed by atoms with Gasteiger partial charge in [-0.3, -0.25) is 4.98 Å². The third-order valence-corrected chi connectivity index (χ3v) is 4.09. The molecule has 1 aliphatic rings. The van der Waals surface area contributed by atoms with E-state index in [0.717, 1.165) is 6.54 Å². The largest absolute Gasteiger partial charge is 0.310 e. The van der Waals surface area contributed by atoms with Crippen molar-refractivity contribution in [2.75, 3.05) is 6.54 Å². The van der Waals surface area contributed by atoms with E-state index in [1.807, 2.05) is 12.4 Å². The summed E-state index contributed by atoms with van der Waals surface area (Å²) in [5, 5.41) is 6.23. The number of nitrogens with zero attached hydrogens (tertiary/aromatic N) is 1. The van der Waals surface area contributed by atoms with Crippen molar-refractivity contribution in [3.05, 3.63) is 41.7 Å². The molecule has 2 heterocycles. The molecule has 0 radical (unpaired) electrons. The first kappa shape index (κ1) is 12.6. The third-order valence-electron chi connectivity index (χ3n) is 4.09. The Balaban J connectivity index is 2.21. The van der Waals surface area contributed by atoms with Crippen LogP contribution in [0.2, 0.25) is 0 Å². The van der Waals surface area contributed by atoms with Crippen LogP contribution >= 0.6 is 0 Å². The zero-order valence-electron chi connectivity index (χ0n) is 12.0. The van der Waals surface area contributed by atoms with Crippen molar-refractivity contribution in [3.63, 3.8) is 0 Å². The number of hydrogen-bond donors (Lipinski definition) is 1. The molecule has 3 rings (SSSR count). The maximum Gasteiger partial charge on any atom is 0.0349 e. The van der Waals surface area contributed by atoms with Gasteiger partial charge in [-0.25, -0.2) is 0 Å². The Hall–Kier alpha value is -1.41. The van der Waals surface area contributed by atoms with Crippen molar-refractivity contribution in [3.8, 4) is 0 Å². The molecule has 1 aromatic heterocycles. The number of pyridine rings is 1. The van der Waals surface area contributed by atoms with E-state index in [0.29, 0.717) is 6.04 Å². The lowest BCUT2D eigenvalue weighted by Crippen LogP contribution is -2.16. The van der Waals surface area contributed by atoms with E-state index in [9.17, 15) is 0 Å². The van der Waals surface area contributed by atoms with Gasteiger partial charge in [-0.15, -0.1) is 0 Å². The lowest BCUT2D eigenvalue weighted by molar-refractivity contribution is 0.586. The highest BCUT2D eigenvalue weighted by atomic mass is 14.9. The Morgan fingerprint density at radius 1 is 1.26 bits per heavy atom. The van der Waals surface area contributed by atoms with Gasteiger partial charge in [0.15, 0.2) is 0 Å². The maximum atomic E-state index is 4.31. The average molecular weight is 254 g/mol. The Morgan fingerprint density at radius 2 is 2.11 bits per heavy atom.